The van der Waals surface area contributed by atoms with Crippen LogP contribution in [-0.2, 0) is 11.2 Å². The minimum absolute atomic E-state index is 0. The number of benzene rings is 1. The number of carbonyl (C=O) groups is 1. The summed E-state index contributed by atoms with van der Waals surface area (Å²) in [6.07, 6.45) is 2.39. The van der Waals surface area contributed by atoms with Crippen LogP contribution in [0.1, 0.15) is 18.4 Å². The van der Waals surface area contributed by atoms with Gasteiger partial charge in [0.1, 0.15) is 0 Å². The summed E-state index contributed by atoms with van der Waals surface area (Å²) in [7, 11) is 1.92. The number of nitro groups is 1. The molecule has 0 bridgehead atoms. The second-order valence-electron chi connectivity index (χ2n) is 5.51. The predicted molar refractivity (Wildman–Crippen MR) is 87.3 cm³/mol. The fourth-order valence-corrected chi connectivity index (χ4v) is 2.81. The summed E-state index contributed by atoms with van der Waals surface area (Å²) in [5.74, 6) is 0.550. The molecule has 2 rings (SSSR count). The summed E-state index contributed by atoms with van der Waals surface area (Å²) in [4.78, 5) is 24.5. The first-order valence-corrected chi connectivity index (χ1v) is 7.26. The smallest absolute Gasteiger partial charge is 0.269 e. The third kappa shape index (κ3) is 4.96. The average molecular weight is 328 g/mol. The number of non-ortho nitro benzene ring substituents is 1. The van der Waals surface area contributed by atoms with E-state index in [1.807, 2.05) is 11.9 Å². The summed E-state index contributed by atoms with van der Waals surface area (Å²) in [6.45, 7) is 2.48. The van der Waals surface area contributed by atoms with Crippen LogP contribution < -0.4 is 5.32 Å². The molecule has 6 nitrogen and oxygen atoms in total. The Morgan fingerprint density at radius 1 is 1.50 bits per heavy atom. The number of hydrogen-bond donors (Lipinski definition) is 1. The number of piperidine rings is 1. The molecule has 1 aromatic rings. The van der Waals surface area contributed by atoms with Crippen LogP contribution in [-0.4, -0.2) is 42.4 Å². The number of amides is 1. The first kappa shape index (κ1) is 18.4. The predicted octanol–water partition coefficient (Wildman–Crippen LogP) is 2.02. The minimum Gasteiger partial charge on any atom is -0.342 e. The molecule has 22 heavy (non-hydrogen) atoms. The van der Waals surface area contributed by atoms with E-state index < -0.39 is 4.92 Å². The van der Waals surface area contributed by atoms with Gasteiger partial charge >= 0.3 is 0 Å². The van der Waals surface area contributed by atoms with Crippen molar-refractivity contribution < 1.29 is 9.72 Å². The third-order valence-corrected chi connectivity index (χ3v) is 3.84. The topological polar surface area (TPSA) is 75.5 Å². The highest BCUT2D eigenvalue weighted by Gasteiger charge is 2.23. The highest BCUT2D eigenvalue weighted by molar-refractivity contribution is 5.85. The third-order valence-electron chi connectivity index (χ3n) is 3.84. The van der Waals surface area contributed by atoms with Crippen LogP contribution >= 0.6 is 12.4 Å². The highest BCUT2D eigenvalue weighted by Crippen LogP contribution is 2.18. The number of rotatable bonds is 5. The van der Waals surface area contributed by atoms with Gasteiger partial charge in [-0.05, 0) is 37.9 Å². The molecule has 0 aliphatic carbocycles. The van der Waals surface area contributed by atoms with Crippen molar-refractivity contribution in [3.8, 4) is 0 Å². The van der Waals surface area contributed by atoms with Crippen molar-refractivity contribution in [3.63, 3.8) is 0 Å². The molecular formula is C15H22ClN3O3. The molecule has 1 fully saturated rings. The maximum Gasteiger partial charge on any atom is 0.269 e. The van der Waals surface area contributed by atoms with Gasteiger partial charge in [0.2, 0.25) is 5.91 Å². The van der Waals surface area contributed by atoms with Gasteiger partial charge in [-0.15, -0.1) is 12.4 Å². The molecule has 1 unspecified atom stereocenters. The second-order valence-corrected chi connectivity index (χ2v) is 5.51. The van der Waals surface area contributed by atoms with Crippen molar-refractivity contribution in [2.24, 2.45) is 5.92 Å². The lowest BCUT2D eigenvalue weighted by Gasteiger charge is -2.32. The van der Waals surface area contributed by atoms with Gasteiger partial charge in [-0.1, -0.05) is 12.1 Å². The summed E-state index contributed by atoms with van der Waals surface area (Å²) in [6, 6.07) is 6.31. The Balaban J connectivity index is 0.00000242. The number of nitrogens with one attached hydrogen (secondary N) is 1. The van der Waals surface area contributed by atoms with E-state index in [1.165, 1.54) is 12.1 Å². The molecule has 1 atom stereocenters. The summed E-state index contributed by atoms with van der Waals surface area (Å²) in [5, 5.41) is 13.9. The van der Waals surface area contributed by atoms with Gasteiger partial charge in [0.15, 0.2) is 0 Å². The van der Waals surface area contributed by atoms with Crippen molar-refractivity contribution in [3.05, 3.63) is 39.9 Å². The first-order chi connectivity index (χ1) is 10.1. The Hall–Kier alpha value is -1.66. The molecule has 122 valence electrons. The Kier molecular flexibility index (Phi) is 7.27. The van der Waals surface area contributed by atoms with Crippen LogP contribution in [0.5, 0.6) is 0 Å². The minimum atomic E-state index is -0.433. The zero-order valence-electron chi connectivity index (χ0n) is 12.7. The Morgan fingerprint density at radius 3 is 2.95 bits per heavy atom. The van der Waals surface area contributed by atoms with Gasteiger partial charge < -0.3 is 10.2 Å². The summed E-state index contributed by atoms with van der Waals surface area (Å²) in [5.41, 5.74) is 0.733. The highest BCUT2D eigenvalue weighted by atomic mass is 35.5. The van der Waals surface area contributed by atoms with Gasteiger partial charge in [0.05, 0.1) is 11.3 Å². The van der Waals surface area contributed by atoms with Crippen molar-refractivity contribution in [1.29, 1.82) is 0 Å². The second kappa shape index (κ2) is 8.70. The maximum absolute atomic E-state index is 12.3. The zero-order valence-corrected chi connectivity index (χ0v) is 13.5. The van der Waals surface area contributed by atoms with E-state index >= 15 is 0 Å². The molecular weight excluding hydrogens is 306 g/mol. The quantitative estimate of drug-likeness (QED) is 0.663. The van der Waals surface area contributed by atoms with E-state index in [4.69, 9.17) is 0 Å². The van der Waals surface area contributed by atoms with E-state index in [-0.39, 0.29) is 30.4 Å². The van der Waals surface area contributed by atoms with E-state index in [1.54, 1.807) is 12.1 Å². The number of hydrogen-bond acceptors (Lipinski definition) is 4. The van der Waals surface area contributed by atoms with E-state index in [0.29, 0.717) is 11.5 Å². The number of halogens is 1. The number of likely N-dealkylation sites (tertiary alicyclic amines) is 1. The molecule has 7 heteroatoms. The SMILES string of the molecule is CNCC1CCCN(C(=O)Cc2cccc([N+](=O)[O-])c2)C1.Cl. The molecule has 1 N–H and O–H groups in total. The van der Waals surface area contributed by atoms with Crippen molar-refractivity contribution >= 4 is 24.0 Å². The molecule has 1 amide bonds. The number of carbonyl (C=O) groups excluding carboxylic acids is 1. The fourth-order valence-electron chi connectivity index (χ4n) is 2.81. The van der Waals surface area contributed by atoms with Gasteiger partial charge in [0.25, 0.3) is 5.69 Å². The van der Waals surface area contributed by atoms with Crippen LogP contribution in [0.3, 0.4) is 0 Å². The van der Waals surface area contributed by atoms with Crippen LogP contribution in [0.25, 0.3) is 0 Å². The van der Waals surface area contributed by atoms with Gasteiger partial charge in [-0.25, -0.2) is 0 Å². The Bertz CT molecular complexity index is 523. The Morgan fingerprint density at radius 2 is 2.27 bits per heavy atom. The van der Waals surface area contributed by atoms with Gasteiger partial charge in [-0.2, -0.15) is 0 Å². The molecule has 1 aromatic carbocycles. The first-order valence-electron chi connectivity index (χ1n) is 7.26. The van der Waals surface area contributed by atoms with Crippen LogP contribution in [0.15, 0.2) is 24.3 Å². The number of nitrogens with zero attached hydrogens (tertiary/aromatic N) is 2. The standard InChI is InChI=1S/C15H21N3O3.ClH/c1-16-10-13-5-3-7-17(11-13)15(19)9-12-4-2-6-14(8-12)18(20)21;/h2,4,6,8,13,16H,3,5,7,9-11H2,1H3;1H. The molecule has 1 heterocycles. The monoisotopic (exact) mass is 327 g/mol. The average Bonchev–Trinajstić information content (AvgIpc) is 2.48. The molecule has 0 radical (unpaired) electrons. The van der Waals surface area contributed by atoms with Crippen molar-refractivity contribution in [2.75, 3.05) is 26.7 Å². The molecule has 0 spiro atoms. The van der Waals surface area contributed by atoms with Crippen molar-refractivity contribution in [2.45, 2.75) is 19.3 Å². The molecule has 1 aliphatic heterocycles. The number of nitro benzene ring substituents is 1. The lowest BCUT2D eigenvalue weighted by atomic mass is 9.97. The van der Waals surface area contributed by atoms with Crippen LogP contribution in [0.2, 0.25) is 0 Å². The van der Waals surface area contributed by atoms with Crippen LogP contribution in [0, 0.1) is 16.0 Å². The molecule has 0 saturated carbocycles. The van der Waals surface area contributed by atoms with E-state index in [9.17, 15) is 14.9 Å². The molecule has 1 saturated heterocycles. The zero-order chi connectivity index (χ0) is 15.2. The molecule has 1 aliphatic rings. The molecule has 0 aromatic heterocycles. The van der Waals surface area contributed by atoms with Gasteiger partial charge in [-0.3, -0.25) is 14.9 Å². The fraction of sp³-hybridized carbons (Fsp3) is 0.533. The normalized spacial score (nSPS) is 17.7. The van der Waals surface area contributed by atoms with Crippen molar-refractivity contribution in [1.82, 2.24) is 10.2 Å². The largest absolute Gasteiger partial charge is 0.342 e. The van der Waals surface area contributed by atoms with E-state index in [0.717, 1.165) is 32.5 Å². The summed E-state index contributed by atoms with van der Waals surface area (Å²) < 4.78 is 0. The Labute approximate surface area is 136 Å². The van der Waals surface area contributed by atoms with E-state index in [2.05, 4.69) is 5.32 Å². The van der Waals surface area contributed by atoms with Gasteiger partial charge in [0, 0.05) is 25.2 Å². The lowest BCUT2D eigenvalue weighted by Crippen LogP contribution is -2.43. The summed E-state index contributed by atoms with van der Waals surface area (Å²) >= 11 is 0. The lowest BCUT2D eigenvalue weighted by molar-refractivity contribution is -0.384. The maximum atomic E-state index is 12.3. The van der Waals surface area contributed by atoms with Crippen LogP contribution in [0.4, 0.5) is 5.69 Å².